The fraction of sp³-hybridized carbons (Fsp3) is 0.625. The number of nitrogens with zero attached hydrogens (tertiary/aromatic N) is 1. The number of hydrogen-bond acceptors (Lipinski definition) is 1. The van der Waals surface area contributed by atoms with E-state index >= 15 is 0 Å². The topological polar surface area (TPSA) is 3.24 Å². The zero-order chi connectivity index (χ0) is 13.1. The van der Waals surface area contributed by atoms with Crippen molar-refractivity contribution in [2.45, 2.75) is 46.1 Å². The van der Waals surface area contributed by atoms with Crippen molar-refractivity contribution in [2.75, 3.05) is 13.1 Å². The number of halogens is 1. The lowest BCUT2D eigenvalue weighted by atomic mass is 9.89. The Morgan fingerprint density at radius 1 is 1.28 bits per heavy atom. The molecule has 0 amide bonds. The number of hydrogen-bond donors (Lipinski definition) is 0. The first-order valence-corrected chi connectivity index (χ1v) is 7.05. The first-order valence-electron chi connectivity index (χ1n) is 7.05. The summed E-state index contributed by atoms with van der Waals surface area (Å²) in [6.07, 6.45) is 3.52. The maximum Gasteiger partial charge on any atom is 0.126 e. The van der Waals surface area contributed by atoms with Gasteiger partial charge in [0.1, 0.15) is 5.82 Å². The van der Waals surface area contributed by atoms with Gasteiger partial charge >= 0.3 is 0 Å². The van der Waals surface area contributed by atoms with Crippen molar-refractivity contribution < 1.29 is 4.39 Å². The van der Waals surface area contributed by atoms with Gasteiger partial charge in [-0.2, -0.15) is 0 Å². The SMILES string of the molecule is Cc1ccc(CC2CCN(C(C)C)CC2)cc1F. The minimum atomic E-state index is -0.0629. The third-order valence-electron chi connectivity index (χ3n) is 4.14. The summed E-state index contributed by atoms with van der Waals surface area (Å²) in [5, 5.41) is 0. The molecule has 1 aliphatic rings. The summed E-state index contributed by atoms with van der Waals surface area (Å²) in [7, 11) is 0. The molecule has 1 saturated heterocycles. The van der Waals surface area contributed by atoms with E-state index in [9.17, 15) is 4.39 Å². The number of aryl methyl sites for hydroxylation is 1. The average Bonchev–Trinajstić information content (AvgIpc) is 2.34. The second kappa shape index (κ2) is 5.83. The number of likely N-dealkylation sites (tertiary alicyclic amines) is 1. The van der Waals surface area contributed by atoms with E-state index in [4.69, 9.17) is 0 Å². The van der Waals surface area contributed by atoms with Crippen LogP contribution in [0.5, 0.6) is 0 Å². The molecule has 1 aliphatic heterocycles. The van der Waals surface area contributed by atoms with E-state index in [2.05, 4.69) is 24.8 Å². The van der Waals surface area contributed by atoms with Crippen LogP contribution < -0.4 is 0 Å². The predicted octanol–water partition coefficient (Wildman–Crippen LogP) is 3.80. The normalized spacial score (nSPS) is 18.5. The summed E-state index contributed by atoms with van der Waals surface area (Å²) < 4.78 is 13.5. The molecule has 0 radical (unpaired) electrons. The number of rotatable bonds is 3. The molecule has 1 fully saturated rings. The van der Waals surface area contributed by atoms with Crippen molar-refractivity contribution in [1.82, 2.24) is 4.90 Å². The Balaban J connectivity index is 1.89. The van der Waals surface area contributed by atoms with Gasteiger partial charge in [-0.15, -0.1) is 0 Å². The van der Waals surface area contributed by atoms with E-state index in [0.29, 0.717) is 6.04 Å². The summed E-state index contributed by atoms with van der Waals surface area (Å²) in [6.45, 7) is 8.72. The highest BCUT2D eigenvalue weighted by molar-refractivity contribution is 5.23. The second-order valence-electron chi connectivity index (χ2n) is 5.86. The Hall–Kier alpha value is -0.890. The van der Waals surface area contributed by atoms with E-state index < -0.39 is 0 Å². The second-order valence-corrected chi connectivity index (χ2v) is 5.86. The molecule has 0 saturated carbocycles. The fourth-order valence-electron chi connectivity index (χ4n) is 2.77. The molecule has 0 aromatic heterocycles. The van der Waals surface area contributed by atoms with Crippen LogP contribution in [0.15, 0.2) is 18.2 Å². The summed E-state index contributed by atoms with van der Waals surface area (Å²) in [5.41, 5.74) is 1.90. The fourth-order valence-corrected chi connectivity index (χ4v) is 2.77. The van der Waals surface area contributed by atoms with Crippen molar-refractivity contribution >= 4 is 0 Å². The Morgan fingerprint density at radius 2 is 1.94 bits per heavy atom. The van der Waals surface area contributed by atoms with E-state index in [0.717, 1.165) is 23.5 Å². The first-order chi connectivity index (χ1) is 8.56. The van der Waals surface area contributed by atoms with E-state index in [-0.39, 0.29) is 5.82 Å². The monoisotopic (exact) mass is 249 g/mol. The lowest BCUT2D eigenvalue weighted by molar-refractivity contribution is 0.149. The molecule has 1 nitrogen and oxygen atoms in total. The molecule has 0 N–H and O–H groups in total. The van der Waals surface area contributed by atoms with Crippen LogP contribution in [0.1, 0.15) is 37.8 Å². The summed E-state index contributed by atoms with van der Waals surface area (Å²) >= 11 is 0. The van der Waals surface area contributed by atoms with Gasteiger partial charge in [-0.1, -0.05) is 12.1 Å². The Bertz CT molecular complexity index is 392. The van der Waals surface area contributed by atoms with Gasteiger partial charge in [0.05, 0.1) is 0 Å². The molecule has 1 heterocycles. The summed E-state index contributed by atoms with van der Waals surface area (Å²) in [4.78, 5) is 2.53. The Kier molecular flexibility index (Phi) is 4.39. The van der Waals surface area contributed by atoms with Gasteiger partial charge in [-0.3, -0.25) is 0 Å². The maximum absolute atomic E-state index is 13.5. The van der Waals surface area contributed by atoms with Gasteiger partial charge in [0, 0.05) is 6.04 Å². The molecule has 100 valence electrons. The van der Waals surface area contributed by atoms with E-state index in [1.807, 2.05) is 13.0 Å². The zero-order valence-electron chi connectivity index (χ0n) is 11.7. The summed E-state index contributed by atoms with van der Waals surface area (Å²) in [5.74, 6) is 0.661. The highest BCUT2D eigenvalue weighted by Gasteiger charge is 2.21. The molecule has 0 unspecified atom stereocenters. The molecular formula is C16H24FN. The van der Waals surface area contributed by atoms with Crippen molar-refractivity contribution in [3.05, 3.63) is 35.1 Å². The molecule has 1 aromatic rings. The average molecular weight is 249 g/mol. The molecule has 0 atom stereocenters. The van der Waals surface area contributed by atoms with Gasteiger partial charge in [-0.25, -0.2) is 4.39 Å². The molecule has 0 aliphatic carbocycles. The zero-order valence-corrected chi connectivity index (χ0v) is 11.7. The van der Waals surface area contributed by atoms with Crippen LogP contribution in [-0.4, -0.2) is 24.0 Å². The molecule has 0 bridgehead atoms. The van der Waals surface area contributed by atoms with Gasteiger partial charge in [0.25, 0.3) is 0 Å². The van der Waals surface area contributed by atoms with Crippen LogP contribution in [0.2, 0.25) is 0 Å². The van der Waals surface area contributed by atoms with Gasteiger partial charge in [0.15, 0.2) is 0 Å². The lowest BCUT2D eigenvalue weighted by Gasteiger charge is -2.34. The molecular weight excluding hydrogens is 225 g/mol. The lowest BCUT2D eigenvalue weighted by Crippen LogP contribution is -2.38. The highest BCUT2D eigenvalue weighted by Crippen LogP contribution is 2.23. The van der Waals surface area contributed by atoms with Gasteiger partial charge < -0.3 is 4.90 Å². The minimum Gasteiger partial charge on any atom is -0.301 e. The van der Waals surface area contributed by atoms with Gasteiger partial charge in [-0.05, 0) is 76.2 Å². The Labute approximate surface area is 110 Å². The third-order valence-corrected chi connectivity index (χ3v) is 4.14. The van der Waals surface area contributed by atoms with Crippen molar-refractivity contribution in [3.8, 4) is 0 Å². The van der Waals surface area contributed by atoms with Crippen molar-refractivity contribution in [1.29, 1.82) is 0 Å². The van der Waals surface area contributed by atoms with Crippen LogP contribution in [0.25, 0.3) is 0 Å². The molecule has 2 heteroatoms. The summed E-state index contributed by atoms with van der Waals surface area (Å²) in [6, 6.07) is 6.34. The standard InChI is InChI=1S/C16H24FN/c1-12(2)18-8-6-14(7-9-18)10-15-5-4-13(3)16(17)11-15/h4-5,11-12,14H,6-10H2,1-3H3. The van der Waals surface area contributed by atoms with E-state index in [1.54, 1.807) is 6.07 Å². The molecule has 0 spiro atoms. The van der Waals surface area contributed by atoms with Crippen LogP contribution in [0.4, 0.5) is 4.39 Å². The van der Waals surface area contributed by atoms with Crippen molar-refractivity contribution in [2.24, 2.45) is 5.92 Å². The number of benzene rings is 1. The predicted molar refractivity (Wildman–Crippen MR) is 74.3 cm³/mol. The smallest absolute Gasteiger partial charge is 0.126 e. The minimum absolute atomic E-state index is 0.0629. The number of piperidine rings is 1. The third kappa shape index (κ3) is 3.32. The first kappa shape index (κ1) is 13.5. The molecule has 18 heavy (non-hydrogen) atoms. The largest absolute Gasteiger partial charge is 0.301 e. The van der Waals surface area contributed by atoms with Crippen LogP contribution >= 0.6 is 0 Å². The van der Waals surface area contributed by atoms with Gasteiger partial charge in [0.2, 0.25) is 0 Å². The quantitative estimate of drug-likeness (QED) is 0.787. The molecule has 2 rings (SSSR count). The molecule has 1 aromatic carbocycles. The van der Waals surface area contributed by atoms with E-state index in [1.165, 1.54) is 25.9 Å². The van der Waals surface area contributed by atoms with Crippen LogP contribution in [-0.2, 0) is 6.42 Å². The maximum atomic E-state index is 13.5. The van der Waals surface area contributed by atoms with Crippen molar-refractivity contribution in [3.63, 3.8) is 0 Å². The highest BCUT2D eigenvalue weighted by atomic mass is 19.1. The van der Waals surface area contributed by atoms with Crippen LogP contribution in [0, 0.1) is 18.7 Å². The Morgan fingerprint density at radius 3 is 2.50 bits per heavy atom. The van der Waals surface area contributed by atoms with Crippen LogP contribution in [0.3, 0.4) is 0 Å².